The van der Waals surface area contributed by atoms with E-state index in [-0.39, 0.29) is 18.4 Å². The lowest BCUT2D eigenvalue weighted by molar-refractivity contribution is -0.162. The zero-order chi connectivity index (χ0) is 50.7. The van der Waals surface area contributed by atoms with Crippen molar-refractivity contribution in [2.45, 2.75) is 89.8 Å². The third-order valence-corrected chi connectivity index (χ3v) is 13.1. The second-order valence-corrected chi connectivity index (χ2v) is 17.6. The van der Waals surface area contributed by atoms with Crippen molar-refractivity contribution in [2.24, 2.45) is 0 Å². The zero-order valence-corrected chi connectivity index (χ0v) is 42.5. The molecule has 1 heterocycles. The van der Waals surface area contributed by atoms with Gasteiger partial charge in [0.25, 0.3) is 5.91 Å². The average Bonchev–Trinajstić information content (AvgIpc) is 3.40. The second kappa shape index (κ2) is 26.7. The summed E-state index contributed by atoms with van der Waals surface area (Å²) in [6.45, 7) is 10.4. The maximum absolute atomic E-state index is 14.5. The van der Waals surface area contributed by atoms with Crippen molar-refractivity contribution in [3.8, 4) is 34.5 Å². The first-order valence-corrected chi connectivity index (χ1v) is 24.6. The number of methoxy groups -OCH3 is 5. The molecule has 0 aliphatic carbocycles. The molecule has 0 saturated carbocycles. The third kappa shape index (κ3) is 14.0. The van der Waals surface area contributed by atoms with Gasteiger partial charge in [0.15, 0.2) is 29.6 Å². The minimum atomic E-state index is -0.793. The molecule has 0 bridgehead atoms. The minimum Gasteiger partial charge on any atom is -0.493 e. The Hall–Kier alpha value is -7.15. The number of ether oxygens (including phenoxy) is 7. The van der Waals surface area contributed by atoms with E-state index >= 15 is 0 Å². The monoisotopic (exact) mass is 970 g/mol. The van der Waals surface area contributed by atoms with E-state index in [9.17, 15) is 14.4 Å². The Labute approximate surface area is 420 Å². The van der Waals surface area contributed by atoms with Crippen molar-refractivity contribution in [1.29, 1.82) is 0 Å². The van der Waals surface area contributed by atoms with Gasteiger partial charge in [0.1, 0.15) is 17.9 Å². The fourth-order valence-corrected chi connectivity index (χ4v) is 9.29. The molecule has 1 fully saturated rings. The highest BCUT2D eigenvalue weighted by Gasteiger charge is 2.38. The number of carbonyl (C=O) groups is 3. The standard InChI is InChI=1S/C58H71N3O10/c1-9-42-21-12-13-22-44(42)38-60(48-25-14-11-20-40(48)3)32-18-16-31-59-55(62)39-70-46-24-19-23-43(35-46)50(29-27-41-28-30-51(65-4)52(34-41)66-5)71-58(64)49-26-15-17-33-61(49)57(63)47(10-2)45-36-53(67-6)56(69-8)54(37-45)68-7/h9,11-14,19-25,28,30,34-37,47,49-50H,1,10,15-18,26-27,29,31-33,38-39H2,2-8H3,(H,59,62)/t47-,49-,50+/m0/s1. The molecular weight excluding hydrogens is 899 g/mol. The number of nitrogens with zero attached hydrogens (tertiary/aromatic N) is 2. The molecule has 2 amide bonds. The number of piperidine rings is 1. The van der Waals surface area contributed by atoms with Crippen LogP contribution in [0.25, 0.3) is 6.08 Å². The summed E-state index contributed by atoms with van der Waals surface area (Å²) in [4.78, 5) is 46.3. The van der Waals surface area contributed by atoms with Crippen LogP contribution in [0.15, 0.2) is 110 Å². The van der Waals surface area contributed by atoms with E-state index in [0.717, 1.165) is 49.9 Å². The Morgan fingerprint density at radius 1 is 0.789 bits per heavy atom. The summed E-state index contributed by atoms with van der Waals surface area (Å²) in [5, 5.41) is 3.02. The van der Waals surface area contributed by atoms with Crippen molar-refractivity contribution >= 4 is 29.5 Å². The molecule has 1 aliphatic rings. The number of hydrogen-bond acceptors (Lipinski definition) is 11. The number of para-hydroxylation sites is 1. The molecule has 1 aliphatic heterocycles. The van der Waals surface area contributed by atoms with E-state index in [1.54, 1.807) is 37.3 Å². The number of unbranched alkanes of at least 4 members (excludes halogenated alkanes) is 1. The molecule has 13 heteroatoms. The van der Waals surface area contributed by atoms with Gasteiger partial charge in [-0.2, -0.15) is 0 Å². The van der Waals surface area contributed by atoms with Gasteiger partial charge < -0.3 is 48.3 Å². The van der Waals surface area contributed by atoms with Gasteiger partial charge in [-0.1, -0.05) is 80.2 Å². The number of rotatable bonds is 26. The van der Waals surface area contributed by atoms with Crippen LogP contribution in [0.2, 0.25) is 0 Å². The average molecular weight is 970 g/mol. The Morgan fingerprint density at radius 3 is 2.23 bits per heavy atom. The van der Waals surface area contributed by atoms with Crippen LogP contribution in [0.3, 0.4) is 0 Å². The molecule has 3 atom stereocenters. The fraction of sp³-hybridized carbons (Fsp3) is 0.397. The lowest BCUT2D eigenvalue weighted by Gasteiger charge is -2.37. The summed E-state index contributed by atoms with van der Waals surface area (Å²) in [6, 6.07) is 32.5. The fourth-order valence-electron chi connectivity index (χ4n) is 9.29. The largest absolute Gasteiger partial charge is 0.493 e. The van der Waals surface area contributed by atoms with Crippen LogP contribution in [0.5, 0.6) is 34.5 Å². The van der Waals surface area contributed by atoms with Crippen molar-refractivity contribution < 1.29 is 47.5 Å². The van der Waals surface area contributed by atoms with Gasteiger partial charge in [-0.05, 0) is 134 Å². The summed E-state index contributed by atoms with van der Waals surface area (Å²) in [7, 11) is 7.79. The molecule has 1 saturated heterocycles. The number of esters is 1. The van der Waals surface area contributed by atoms with Crippen LogP contribution in [0, 0.1) is 6.92 Å². The van der Waals surface area contributed by atoms with Gasteiger partial charge in [-0.3, -0.25) is 9.59 Å². The molecule has 71 heavy (non-hydrogen) atoms. The highest BCUT2D eigenvalue weighted by Crippen LogP contribution is 2.42. The van der Waals surface area contributed by atoms with E-state index in [2.05, 4.69) is 66.2 Å². The predicted octanol–water partition coefficient (Wildman–Crippen LogP) is 10.5. The number of nitrogens with one attached hydrogen (secondary N) is 1. The minimum absolute atomic E-state index is 0.173. The number of amides is 2. The van der Waals surface area contributed by atoms with Crippen LogP contribution < -0.4 is 38.6 Å². The predicted molar refractivity (Wildman–Crippen MR) is 278 cm³/mol. The van der Waals surface area contributed by atoms with Crippen molar-refractivity contribution in [3.05, 3.63) is 143 Å². The van der Waals surface area contributed by atoms with Crippen LogP contribution in [0.4, 0.5) is 5.69 Å². The lowest BCUT2D eigenvalue weighted by atomic mass is 9.91. The quantitative estimate of drug-likeness (QED) is 0.0419. The molecular formula is C58H71N3O10. The van der Waals surface area contributed by atoms with Gasteiger partial charge in [-0.15, -0.1) is 0 Å². The number of hydrogen-bond donors (Lipinski definition) is 1. The lowest BCUT2D eigenvalue weighted by Crippen LogP contribution is -2.50. The number of carbonyl (C=O) groups excluding carboxylic acids is 3. The SMILES string of the molecule is C=Cc1ccccc1CN(CCCCNC(=O)COc1cccc([C@@H](CCc2ccc(OC)c(OC)c2)OC(=O)[C@@H]2CCCCN2C(=O)[C@@H](CC)c2cc(OC)c(OC)c(OC)c2)c1)c1ccccc1C. The first kappa shape index (κ1) is 53.2. The zero-order valence-electron chi connectivity index (χ0n) is 42.5. The first-order chi connectivity index (χ1) is 34.5. The summed E-state index contributed by atoms with van der Waals surface area (Å²) in [5.74, 6) is 1.53. The van der Waals surface area contributed by atoms with E-state index in [4.69, 9.17) is 33.2 Å². The van der Waals surface area contributed by atoms with Gasteiger partial charge in [0.05, 0.1) is 41.5 Å². The van der Waals surface area contributed by atoms with Crippen LogP contribution in [0.1, 0.15) is 97.3 Å². The number of aryl methyl sites for hydroxylation is 2. The van der Waals surface area contributed by atoms with E-state index in [1.807, 2.05) is 55.5 Å². The van der Waals surface area contributed by atoms with Gasteiger partial charge in [0.2, 0.25) is 11.7 Å². The maximum Gasteiger partial charge on any atom is 0.329 e. The first-order valence-electron chi connectivity index (χ1n) is 24.6. The topological polar surface area (TPSA) is 134 Å². The molecule has 0 unspecified atom stereocenters. The Kier molecular flexibility index (Phi) is 20.0. The maximum atomic E-state index is 14.5. The van der Waals surface area contributed by atoms with Gasteiger partial charge >= 0.3 is 5.97 Å². The van der Waals surface area contributed by atoms with Gasteiger partial charge in [0, 0.05) is 31.9 Å². The summed E-state index contributed by atoms with van der Waals surface area (Å²) in [5.41, 5.74) is 7.07. The molecule has 0 aromatic heterocycles. The van der Waals surface area contributed by atoms with E-state index in [0.29, 0.717) is 84.4 Å². The Bertz CT molecular complexity index is 2540. The molecule has 5 aromatic carbocycles. The third-order valence-electron chi connectivity index (χ3n) is 13.1. The molecule has 1 N–H and O–H groups in total. The molecule has 5 aromatic rings. The number of anilines is 1. The van der Waals surface area contributed by atoms with E-state index < -0.39 is 24.0 Å². The molecule has 0 spiro atoms. The van der Waals surface area contributed by atoms with Crippen molar-refractivity contribution in [1.82, 2.24) is 10.2 Å². The summed E-state index contributed by atoms with van der Waals surface area (Å²) in [6.07, 6.45) is 6.26. The molecule has 0 radical (unpaired) electrons. The normalized spacial score (nSPS) is 14.1. The number of benzene rings is 5. The number of likely N-dealkylation sites (tertiary alicyclic amines) is 1. The Morgan fingerprint density at radius 2 is 1.52 bits per heavy atom. The Balaban J connectivity index is 1.12. The van der Waals surface area contributed by atoms with Crippen molar-refractivity contribution in [2.75, 3.05) is 66.7 Å². The second-order valence-electron chi connectivity index (χ2n) is 17.6. The highest BCUT2D eigenvalue weighted by atomic mass is 16.5. The van der Waals surface area contributed by atoms with Gasteiger partial charge in [-0.25, -0.2) is 4.79 Å². The summed E-state index contributed by atoms with van der Waals surface area (Å²) >= 11 is 0. The van der Waals surface area contributed by atoms with E-state index in [1.165, 1.54) is 38.1 Å². The molecule has 6 rings (SSSR count). The smallest absolute Gasteiger partial charge is 0.329 e. The van der Waals surface area contributed by atoms with Crippen LogP contribution >= 0.6 is 0 Å². The van der Waals surface area contributed by atoms with Crippen LogP contribution in [-0.2, 0) is 32.1 Å². The van der Waals surface area contributed by atoms with Crippen molar-refractivity contribution in [3.63, 3.8) is 0 Å². The highest BCUT2D eigenvalue weighted by molar-refractivity contribution is 5.89. The van der Waals surface area contributed by atoms with Crippen LogP contribution in [-0.4, -0.2) is 90.5 Å². The molecule has 13 nitrogen and oxygen atoms in total. The summed E-state index contributed by atoms with van der Waals surface area (Å²) < 4.78 is 40.3. The molecule has 378 valence electrons.